The molecule has 4 rings (SSSR count). The molecule has 0 radical (unpaired) electrons. The van der Waals surface area contributed by atoms with Gasteiger partial charge in [-0.2, -0.15) is 0 Å². The van der Waals surface area contributed by atoms with E-state index in [4.69, 9.17) is 0 Å². The molecule has 0 bridgehead atoms. The summed E-state index contributed by atoms with van der Waals surface area (Å²) in [5.41, 5.74) is 3.69. The van der Waals surface area contributed by atoms with Crippen molar-refractivity contribution < 1.29 is 19.4 Å². The van der Waals surface area contributed by atoms with Crippen LogP contribution in [0.1, 0.15) is 30.4 Å². The number of nitrogens with one attached hydrogen (secondary N) is 2. The van der Waals surface area contributed by atoms with Crippen LogP contribution < -0.4 is 10.2 Å². The zero-order valence-electron chi connectivity index (χ0n) is 20.1. The van der Waals surface area contributed by atoms with Gasteiger partial charge in [-0.15, -0.1) is 0 Å². The Morgan fingerprint density at radius 1 is 1.08 bits per heavy atom. The van der Waals surface area contributed by atoms with Gasteiger partial charge in [0.05, 0.1) is 25.2 Å². The lowest BCUT2D eigenvalue weighted by Gasteiger charge is -2.23. The number of aliphatic hydroxyl groups is 2. The number of benzene rings is 2. The number of aromatic nitrogens is 4. The molecule has 0 fully saturated rings. The molecule has 0 aliphatic carbocycles. The van der Waals surface area contributed by atoms with Gasteiger partial charge >= 0.3 is 0 Å². The number of carbonyl (C=O) groups excluding carboxylic acids is 1. The fraction of sp³-hybridized carbons (Fsp3) is 0.269. The van der Waals surface area contributed by atoms with Crippen LogP contribution in [0.15, 0.2) is 61.1 Å². The van der Waals surface area contributed by atoms with Crippen LogP contribution in [0.5, 0.6) is 0 Å². The highest BCUT2D eigenvalue weighted by atomic mass is 19.1. The fourth-order valence-corrected chi connectivity index (χ4v) is 3.93. The van der Waals surface area contributed by atoms with E-state index in [9.17, 15) is 19.4 Å². The van der Waals surface area contributed by atoms with Crippen molar-refractivity contribution in [3.8, 4) is 22.8 Å². The molecular weight excluding hydrogens is 463 g/mol. The molecule has 0 aliphatic rings. The summed E-state index contributed by atoms with van der Waals surface area (Å²) in [5, 5.41) is 21.3. The maximum Gasteiger partial charge on any atom is 0.275 e. The Labute approximate surface area is 208 Å². The number of carbonyl (C=O) groups is 1. The van der Waals surface area contributed by atoms with Crippen LogP contribution in [0.2, 0.25) is 0 Å². The number of rotatable bonds is 10. The van der Waals surface area contributed by atoms with E-state index in [-0.39, 0.29) is 36.7 Å². The Bertz CT molecular complexity index is 1290. The van der Waals surface area contributed by atoms with Crippen molar-refractivity contribution in [3.63, 3.8) is 0 Å². The number of halogens is 1. The normalized spacial score (nSPS) is 11.2. The van der Waals surface area contributed by atoms with E-state index < -0.39 is 0 Å². The van der Waals surface area contributed by atoms with Gasteiger partial charge in [-0.05, 0) is 62.4 Å². The Morgan fingerprint density at radius 2 is 1.75 bits per heavy atom. The van der Waals surface area contributed by atoms with Crippen molar-refractivity contribution in [2.24, 2.45) is 0 Å². The average Bonchev–Trinajstić information content (AvgIpc) is 3.53. The first-order valence-electron chi connectivity index (χ1n) is 11.7. The Balaban J connectivity index is 1.55. The molecule has 0 spiro atoms. The molecule has 2 heterocycles. The third kappa shape index (κ3) is 5.45. The Kier molecular flexibility index (Phi) is 7.77. The molecule has 0 aliphatic heterocycles. The first-order chi connectivity index (χ1) is 17.4. The summed E-state index contributed by atoms with van der Waals surface area (Å²) in [7, 11) is 0. The van der Waals surface area contributed by atoms with Crippen LogP contribution in [0.3, 0.4) is 0 Å². The van der Waals surface area contributed by atoms with Crippen molar-refractivity contribution >= 4 is 17.3 Å². The number of anilines is 2. The van der Waals surface area contributed by atoms with Gasteiger partial charge in [-0.1, -0.05) is 0 Å². The number of hydrogen-bond donors (Lipinski definition) is 4. The molecule has 10 heteroatoms. The van der Waals surface area contributed by atoms with Crippen LogP contribution >= 0.6 is 0 Å². The van der Waals surface area contributed by atoms with Gasteiger partial charge in [0.15, 0.2) is 5.82 Å². The van der Waals surface area contributed by atoms with Crippen LogP contribution in [0, 0.1) is 5.82 Å². The van der Waals surface area contributed by atoms with E-state index in [1.165, 1.54) is 18.3 Å². The van der Waals surface area contributed by atoms with Crippen molar-refractivity contribution in [2.45, 2.75) is 19.9 Å². The summed E-state index contributed by atoms with van der Waals surface area (Å²) in [5.74, 6) is -0.237. The lowest BCUT2D eigenvalue weighted by atomic mass is 10.1. The highest BCUT2D eigenvalue weighted by Crippen LogP contribution is 2.32. The first kappa shape index (κ1) is 25.1. The molecule has 2 aromatic heterocycles. The summed E-state index contributed by atoms with van der Waals surface area (Å²) in [6.07, 6.45) is 3.24. The summed E-state index contributed by atoms with van der Waals surface area (Å²) in [6, 6.07) is 13.3. The SMILES string of the molecule is CC(C)n1cnc(-c2ccc(F)cc2)c1-c1nc(C(=O)Nc2ccc(N(CCO)CCO)cc2)c[nH]1. The number of nitrogens with zero attached hydrogens (tertiary/aromatic N) is 4. The van der Waals surface area contributed by atoms with Crippen molar-refractivity contribution in [2.75, 3.05) is 36.5 Å². The molecule has 1 amide bonds. The molecule has 0 unspecified atom stereocenters. The lowest BCUT2D eigenvalue weighted by Crippen LogP contribution is -2.29. The van der Waals surface area contributed by atoms with E-state index in [1.807, 2.05) is 35.4 Å². The van der Waals surface area contributed by atoms with E-state index in [0.717, 1.165) is 11.3 Å². The highest BCUT2D eigenvalue weighted by Gasteiger charge is 2.21. The second kappa shape index (κ2) is 11.1. The van der Waals surface area contributed by atoms with Crippen LogP contribution in [0.25, 0.3) is 22.8 Å². The van der Waals surface area contributed by atoms with E-state index >= 15 is 0 Å². The lowest BCUT2D eigenvalue weighted by molar-refractivity contribution is 0.102. The molecule has 2 aromatic carbocycles. The third-order valence-electron chi connectivity index (χ3n) is 5.73. The maximum absolute atomic E-state index is 13.5. The average molecular weight is 493 g/mol. The van der Waals surface area contributed by atoms with E-state index in [0.29, 0.717) is 36.0 Å². The summed E-state index contributed by atoms with van der Waals surface area (Å²) < 4.78 is 15.4. The number of H-pyrrole nitrogens is 1. The summed E-state index contributed by atoms with van der Waals surface area (Å²) in [6.45, 7) is 4.77. The summed E-state index contributed by atoms with van der Waals surface area (Å²) in [4.78, 5) is 26.9. The maximum atomic E-state index is 13.5. The minimum absolute atomic E-state index is 0.0292. The topological polar surface area (TPSA) is 119 Å². The second-order valence-electron chi connectivity index (χ2n) is 8.52. The van der Waals surface area contributed by atoms with Crippen LogP contribution in [-0.2, 0) is 0 Å². The quantitative estimate of drug-likeness (QED) is 0.268. The van der Waals surface area contributed by atoms with Gasteiger partial charge in [0, 0.05) is 42.3 Å². The number of aliphatic hydroxyl groups excluding tert-OH is 2. The minimum Gasteiger partial charge on any atom is -0.395 e. The molecule has 36 heavy (non-hydrogen) atoms. The highest BCUT2D eigenvalue weighted by molar-refractivity contribution is 6.03. The molecule has 0 saturated carbocycles. The minimum atomic E-state index is -0.383. The molecular formula is C26H29FN6O3. The number of aromatic amines is 1. The van der Waals surface area contributed by atoms with Gasteiger partial charge in [-0.25, -0.2) is 14.4 Å². The second-order valence-corrected chi connectivity index (χ2v) is 8.52. The molecule has 0 saturated heterocycles. The molecule has 0 atom stereocenters. The van der Waals surface area contributed by atoms with Crippen molar-refractivity contribution in [3.05, 3.63) is 72.6 Å². The molecule has 9 nitrogen and oxygen atoms in total. The number of amides is 1. The van der Waals surface area contributed by atoms with Gasteiger partial charge in [-0.3, -0.25) is 4.79 Å². The molecule has 188 valence electrons. The van der Waals surface area contributed by atoms with E-state index in [1.54, 1.807) is 30.6 Å². The predicted molar refractivity (Wildman–Crippen MR) is 136 cm³/mol. The smallest absolute Gasteiger partial charge is 0.275 e. The van der Waals surface area contributed by atoms with Crippen molar-refractivity contribution in [1.82, 2.24) is 19.5 Å². The molecule has 4 N–H and O–H groups in total. The molecule has 4 aromatic rings. The summed E-state index contributed by atoms with van der Waals surface area (Å²) >= 11 is 0. The van der Waals surface area contributed by atoms with Gasteiger partial charge < -0.3 is 30.0 Å². The zero-order valence-corrected chi connectivity index (χ0v) is 20.1. The van der Waals surface area contributed by atoms with Gasteiger partial charge in [0.1, 0.15) is 17.2 Å². The van der Waals surface area contributed by atoms with Gasteiger partial charge in [0.25, 0.3) is 5.91 Å². The van der Waals surface area contributed by atoms with Crippen molar-refractivity contribution in [1.29, 1.82) is 0 Å². The Morgan fingerprint density at radius 3 is 2.36 bits per heavy atom. The van der Waals surface area contributed by atoms with Gasteiger partial charge in [0.2, 0.25) is 0 Å². The number of imidazole rings is 2. The monoisotopic (exact) mass is 492 g/mol. The largest absolute Gasteiger partial charge is 0.395 e. The van der Waals surface area contributed by atoms with E-state index in [2.05, 4.69) is 20.3 Å². The fourth-order valence-electron chi connectivity index (χ4n) is 3.93. The standard InChI is InChI=1S/C26H29FN6O3/c1-17(2)33-16-29-23(18-3-5-19(27)6-4-18)24(33)25-28-15-22(31-25)26(36)30-20-7-9-21(10-8-20)32(11-13-34)12-14-35/h3-10,15-17,34-35H,11-14H2,1-2H3,(H,28,31)(H,30,36). The number of hydrogen-bond acceptors (Lipinski definition) is 6. The third-order valence-corrected chi connectivity index (χ3v) is 5.73. The van der Waals surface area contributed by atoms with Crippen LogP contribution in [-0.4, -0.2) is 61.9 Å². The van der Waals surface area contributed by atoms with Crippen LogP contribution in [0.4, 0.5) is 15.8 Å². The first-order valence-corrected chi connectivity index (χ1v) is 11.7. The zero-order chi connectivity index (χ0) is 25.7. The predicted octanol–water partition coefficient (Wildman–Crippen LogP) is 3.70. The Hall–Kier alpha value is -4.02.